The Labute approximate surface area is 162 Å². The van der Waals surface area contributed by atoms with E-state index in [-0.39, 0.29) is 29.8 Å². The Balaban J connectivity index is 1.44. The number of hydrogen-bond donors (Lipinski definition) is 2. The van der Waals surface area contributed by atoms with Crippen molar-refractivity contribution in [3.8, 4) is 0 Å². The molecule has 2 atom stereocenters. The zero-order valence-electron chi connectivity index (χ0n) is 16.5. The van der Waals surface area contributed by atoms with Crippen LogP contribution >= 0.6 is 0 Å². The number of carbonyl (C=O) groups is 3. The van der Waals surface area contributed by atoms with Crippen molar-refractivity contribution in [1.82, 2.24) is 10.2 Å². The number of hydrogen-bond acceptors (Lipinski definition) is 3. The van der Waals surface area contributed by atoms with Crippen LogP contribution in [0.25, 0.3) is 0 Å². The molecule has 6 heteroatoms. The molecule has 0 radical (unpaired) electrons. The highest BCUT2D eigenvalue weighted by molar-refractivity contribution is 5.81. The summed E-state index contributed by atoms with van der Waals surface area (Å²) in [5.41, 5.74) is 0. The van der Waals surface area contributed by atoms with Crippen LogP contribution in [0.1, 0.15) is 77.6 Å². The summed E-state index contributed by atoms with van der Waals surface area (Å²) in [7, 11) is 0. The minimum atomic E-state index is -0.798. The lowest BCUT2D eigenvalue weighted by Gasteiger charge is -2.40. The Kier molecular flexibility index (Phi) is 6.77. The molecule has 1 saturated heterocycles. The predicted molar refractivity (Wildman–Crippen MR) is 102 cm³/mol. The first-order valence-corrected chi connectivity index (χ1v) is 10.8. The Morgan fingerprint density at radius 1 is 0.926 bits per heavy atom. The van der Waals surface area contributed by atoms with Crippen molar-refractivity contribution in [3.05, 3.63) is 0 Å². The Bertz CT molecular complexity index is 550. The summed E-state index contributed by atoms with van der Waals surface area (Å²) in [6, 6.07) is 0.311. The minimum absolute atomic E-state index is 0.0250. The summed E-state index contributed by atoms with van der Waals surface area (Å²) in [4.78, 5) is 38.3. The van der Waals surface area contributed by atoms with Crippen LogP contribution in [0.3, 0.4) is 0 Å². The molecule has 152 valence electrons. The van der Waals surface area contributed by atoms with Crippen LogP contribution in [0.4, 0.5) is 0 Å². The number of rotatable bonds is 5. The molecule has 2 amide bonds. The molecule has 3 aliphatic rings. The summed E-state index contributed by atoms with van der Waals surface area (Å²) >= 11 is 0. The fourth-order valence-electron chi connectivity index (χ4n) is 5.10. The lowest BCUT2D eigenvalue weighted by molar-refractivity contribution is -0.149. The molecule has 2 N–H and O–H groups in total. The molecule has 0 aromatic heterocycles. The van der Waals surface area contributed by atoms with Crippen molar-refractivity contribution >= 4 is 17.8 Å². The highest BCUT2D eigenvalue weighted by Crippen LogP contribution is 2.31. The van der Waals surface area contributed by atoms with Crippen LogP contribution < -0.4 is 5.32 Å². The van der Waals surface area contributed by atoms with Gasteiger partial charge in [-0.25, -0.2) is 0 Å². The summed E-state index contributed by atoms with van der Waals surface area (Å²) in [6.07, 6.45) is 10.2. The highest BCUT2D eigenvalue weighted by atomic mass is 16.4. The fourth-order valence-corrected chi connectivity index (χ4v) is 5.10. The van der Waals surface area contributed by atoms with E-state index in [1.807, 2.05) is 6.92 Å². The third-order valence-electron chi connectivity index (χ3n) is 6.90. The molecule has 0 aromatic carbocycles. The second-order valence-corrected chi connectivity index (χ2v) is 8.92. The Hall–Kier alpha value is -1.59. The second kappa shape index (κ2) is 9.07. The first-order chi connectivity index (χ1) is 12.9. The molecule has 0 spiro atoms. The normalized spacial score (nSPS) is 32.3. The summed E-state index contributed by atoms with van der Waals surface area (Å²) in [5.74, 6) is -0.409. The standard InChI is InChI=1S/C21H34N2O4/c1-14-6-7-17(21(26)27)13-23(14)20(25)16-8-10-18(11-9-16)22-19(24)12-15-4-2-3-5-15/h14-18H,2-13H2,1H3,(H,22,24)(H,26,27). The molecular formula is C21H34N2O4. The van der Waals surface area contributed by atoms with Crippen LogP contribution in [0.2, 0.25) is 0 Å². The first kappa shape index (κ1) is 20.2. The molecule has 3 rings (SSSR count). The van der Waals surface area contributed by atoms with Crippen molar-refractivity contribution < 1.29 is 19.5 Å². The van der Waals surface area contributed by atoms with Gasteiger partial charge >= 0.3 is 5.97 Å². The molecule has 27 heavy (non-hydrogen) atoms. The summed E-state index contributed by atoms with van der Waals surface area (Å²) in [6.45, 7) is 2.36. The van der Waals surface area contributed by atoms with E-state index >= 15 is 0 Å². The first-order valence-electron chi connectivity index (χ1n) is 10.8. The topological polar surface area (TPSA) is 86.7 Å². The Morgan fingerprint density at radius 2 is 1.56 bits per heavy atom. The van der Waals surface area contributed by atoms with Crippen molar-refractivity contribution in [1.29, 1.82) is 0 Å². The zero-order valence-corrected chi connectivity index (χ0v) is 16.5. The number of aliphatic carboxylic acids is 1. The fraction of sp³-hybridized carbons (Fsp3) is 0.857. The van der Waals surface area contributed by atoms with E-state index in [1.165, 1.54) is 25.7 Å². The summed E-state index contributed by atoms with van der Waals surface area (Å²) < 4.78 is 0. The van der Waals surface area contributed by atoms with E-state index in [0.29, 0.717) is 25.3 Å². The van der Waals surface area contributed by atoms with Gasteiger partial charge in [-0.3, -0.25) is 14.4 Å². The van der Waals surface area contributed by atoms with E-state index in [2.05, 4.69) is 5.32 Å². The van der Waals surface area contributed by atoms with E-state index < -0.39 is 11.9 Å². The molecule has 1 aliphatic heterocycles. The molecule has 3 fully saturated rings. The maximum absolute atomic E-state index is 12.9. The van der Waals surface area contributed by atoms with Gasteiger partial charge in [0.1, 0.15) is 0 Å². The van der Waals surface area contributed by atoms with Gasteiger partial charge < -0.3 is 15.3 Å². The van der Waals surface area contributed by atoms with Crippen molar-refractivity contribution in [3.63, 3.8) is 0 Å². The average molecular weight is 379 g/mol. The Morgan fingerprint density at radius 3 is 2.19 bits per heavy atom. The van der Waals surface area contributed by atoms with Gasteiger partial charge in [-0.15, -0.1) is 0 Å². The van der Waals surface area contributed by atoms with Crippen LogP contribution in [0.5, 0.6) is 0 Å². The van der Waals surface area contributed by atoms with Gasteiger partial charge in [0.15, 0.2) is 0 Å². The number of amides is 2. The van der Waals surface area contributed by atoms with Gasteiger partial charge in [0.05, 0.1) is 5.92 Å². The smallest absolute Gasteiger partial charge is 0.308 e. The second-order valence-electron chi connectivity index (χ2n) is 8.92. The van der Waals surface area contributed by atoms with Crippen molar-refractivity contribution in [2.45, 2.75) is 89.6 Å². The number of piperidine rings is 1. The lowest BCUT2D eigenvalue weighted by atomic mass is 9.83. The van der Waals surface area contributed by atoms with E-state index in [4.69, 9.17) is 0 Å². The quantitative estimate of drug-likeness (QED) is 0.770. The molecular weight excluding hydrogens is 344 g/mol. The van der Waals surface area contributed by atoms with Gasteiger partial charge in [-0.1, -0.05) is 12.8 Å². The molecule has 0 aromatic rings. The monoisotopic (exact) mass is 378 g/mol. The van der Waals surface area contributed by atoms with E-state index in [0.717, 1.165) is 32.1 Å². The molecule has 0 bridgehead atoms. The van der Waals surface area contributed by atoms with Gasteiger partial charge in [-0.2, -0.15) is 0 Å². The van der Waals surface area contributed by atoms with Gasteiger partial charge in [0.2, 0.25) is 11.8 Å². The van der Waals surface area contributed by atoms with Crippen molar-refractivity contribution in [2.75, 3.05) is 6.54 Å². The largest absolute Gasteiger partial charge is 0.481 e. The number of likely N-dealkylation sites (tertiary alicyclic amines) is 1. The third-order valence-corrected chi connectivity index (χ3v) is 6.90. The molecule has 1 heterocycles. The molecule has 6 nitrogen and oxygen atoms in total. The van der Waals surface area contributed by atoms with Crippen LogP contribution in [-0.4, -0.2) is 46.4 Å². The summed E-state index contributed by atoms with van der Waals surface area (Å²) in [5, 5.41) is 12.5. The zero-order chi connectivity index (χ0) is 19.4. The predicted octanol–water partition coefficient (Wildman–Crippen LogP) is 2.95. The molecule has 2 unspecified atom stereocenters. The minimum Gasteiger partial charge on any atom is -0.481 e. The number of carboxylic acid groups (broad SMARTS) is 1. The number of carbonyl (C=O) groups excluding carboxylic acids is 2. The van der Waals surface area contributed by atoms with Crippen LogP contribution in [0.15, 0.2) is 0 Å². The van der Waals surface area contributed by atoms with Crippen LogP contribution in [-0.2, 0) is 14.4 Å². The SMILES string of the molecule is CC1CCC(C(=O)O)CN1C(=O)C1CCC(NC(=O)CC2CCCC2)CC1. The van der Waals surface area contributed by atoms with Gasteiger partial charge in [0.25, 0.3) is 0 Å². The highest BCUT2D eigenvalue weighted by Gasteiger charge is 2.37. The van der Waals surface area contributed by atoms with Crippen LogP contribution in [0, 0.1) is 17.8 Å². The van der Waals surface area contributed by atoms with Gasteiger partial charge in [0, 0.05) is 31.0 Å². The molecule has 2 aliphatic carbocycles. The lowest BCUT2D eigenvalue weighted by Crippen LogP contribution is -2.50. The van der Waals surface area contributed by atoms with Gasteiger partial charge in [-0.05, 0) is 64.2 Å². The average Bonchev–Trinajstić information content (AvgIpc) is 3.14. The number of nitrogens with one attached hydrogen (secondary N) is 1. The number of carboxylic acids is 1. The maximum Gasteiger partial charge on any atom is 0.308 e. The maximum atomic E-state index is 12.9. The molecule has 2 saturated carbocycles. The van der Waals surface area contributed by atoms with E-state index in [1.54, 1.807) is 4.90 Å². The number of nitrogens with zero attached hydrogens (tertiary/aromatic N) is 1. The van der Waals surface area contributed by atoms with Crippen molar-refractivity contribution in [2.24, 2.45) is 17.8 Å². The van der Waals surface area contributed by atoms with E-state index in [9.17, 15) is 19.5 Å². The third kappa shape index (κ3) is 5.23.